The Morgan fingerprint density at radius 2 is 1.38 bits per heavy atom. The van der Waals surface area contributed by atoms with E-state index in [0.29, 0.717) is 0 Å². The van der Waals surface area contributed by atoms with E-state index in [1.807, 2.05) is 0 Å². The van der Waals surface area contributed by atoms with Crippen LogP contribution in [-0.2, 0) is 0 Å². The van der Waals surface area contributed by atoms with Crippen molar-refractivity contribution >= 4 is 0 Å². The fourth-order valence-electron chi connectivity index (χ4n) is 0. The van der Waals surface area contributed by atoms with Crippen LogP contribution >= 0.6 is 0 Å². The quantitative estimate of drug-likeness (QED) is 0.452. The fourth-order valence-corrected chi connectivity index (χ4v) is 0. The molecule has 1 fully saturated rings. The van der Waals surface area contributed by atoms with E-state index in [1.165, 1.54) is 12.8 Å². The van der Waals surface area contributed by atoms with Gasteiger partial charge in [0.05, 0.1) is 0 Å². The molecule has 0 bridgehead atoms. The lowest BCUT2D eigenvalue weighted by atomic mass is 10.0. The van der Waals surface area contributed by atoms with Crippen LogP contribution in [0, 0.1) is 18.8 Å². The molecule has 48 valence electrons. The summed E-state index contributed by atoms with van der Waals surface area (Å²) in [5.41, 5.74) is 0.250. The lowest BCUT2D eigenvalue weighted by Gasteiger charge is -2.05. The number of hydrogen-bond donors (Lipinski definition) is 0. The normalized spacial score (nSPS) is 16.5. The van der Waals surface area contributed by atoms with Crippen molar-refractivity contribution in [2.75, 3.05) is 0 Å². The van der Waals surface area contributed by atoms with Crippen molar-refractivity contribution in [2.24, 2.45) is 5.41 Å². The van der Waals surface area contributed by atoms with E-state index in [-0.39, 0.29) is 5.41 Å². The molecule has 1 rings (SSSR count). The summed E-state index contributed by atoms with van der Waals surface area (Å²) in [4.78, 5) is 0. The second-order valence-electron chi connectivity index (χ2n) is 3.43. The Morgan fingerprint density at radius 3 is 1.38 bits per heavy atom. The third-order valence-corrected chi connectivity index (χ3v) is 0.289. The summed E-state index contributed by atoms with van der Waals surface area (Å²) in [6.45, 7) is 10.0. The molecular formula is C8H16. The minimum absolute atomic E-state index is 0.250. The summed E-state index contributed by atoms with van der Waals surface area (Å²) in [5.74, 6) is 0. The molecule has 1 aliphatic carbocycles. The van der Waals surface area contributed by atoms with Crippen molar-refractivity contribution in [3.05, 3.63) is 13.3 Å². The van der Waals surface area contributed by atoms with E-state index in [1.54, 1.807) is 0 Å². The van der Waals surface area contributed by atoms with Crippen molar-refractivity contribution in [3.63, 3.8) is 0 Å². The van der Waals surface area contributed by atoms with Crippen LogP contribution in [0.1, 0.15) is 33.6 Å². The molecule has 0 aromatic rings. The maximum atomic E-state index is 3.77. The van der Waals surface area contributed by atoms with Gasteiger partial charge in [-0.1, -0.05) is 20.8 Å². The lowest BCUT2D eigenvalue weighted by Crippen LogP contribution is -1.94. The topological polar surface area (TPSA) is 0 Å². The predicted molar refractivity (Wildman–Crippen MR) is 38.3 cm³/mol. The molecule has 0 heteroatoms. The smallest absolute Gasteiger partial charge is 0.0382 e. The Bertz CT molecular complexity index is 36.8. The van der Waals surface area contributed by atoms with E-state index < -0.39 is 0 Å². The fraction of sp³-hybridized carbons (Fsp3) is 0.750. The summed E-state index contributed by atoms with van der Waals surface area (Å²) in [6.07, 6.45) is 5.00. The molecule has 0 atom stereocenters. The van der Waals surface area contributed by atoms with E-state index in [9.17, 15) is 0 Å². The van der Waals surface area contributed by atoms with Crippen LogP contribution in [0.3, 0.4) is 0 Å². The van der Waals surface area contributed by atoms with Gasteiger partial charge >= 0.3 is 0 Å². The molecule has 0 aromatic carbocycles. The molecule has 2 radical (unpaired) electrons. The summed E-state index contributed by atoms with van der Waals surface area (Å²) < 4.78 is 0. The molecule has 0 saturated heterocycles. The third kappa shape index (κ3) is 150. The molecule has 0 amide bonds. The van der Waals surface area contributed by atoms with Crippen LogP contribution in [-0.4, -0.2) is 0 Å². The standard InChI is InChI=1S/C5H11.C3H5/c1-5(2,3)4;1-2-3-1/h1H2,2-4H3;1H,2-3H2. The van der Waals surface area contributed by atoms with Gasteiger partial charge < -0.3 is 0 Å². The third-order valence-electron chi connectivity index (χ3n) is 0.289. The SMILES string of the molecule is [CH2]C(C)(C)C.[CH]1CC1. The predicted octanol–water partition coefficient (Wildman–Crippen LogP) is 2.85. The summed E-state index contributed by atoms with van der Waals surface area (Å²) in [5, 5.41) is 0. The van der Waals surface area contributed by atoms with Crippen LogP contribution in [0.2, 0.25) is 0 Å². The monoisotopic (exact) mass is 112 g/mol. The van der Waals surface area contributed by atoms with Gasteiger partial charge in [0, 0.05) is 0 Å². The zero-order chi connectivity index (χ0) is 6.62. The second-order valence-corrected chi connectivity index (χ2v) is 3.43. The van der Waals surface area contributed by atoms with Gasteiger partial charge in [0.25, 0.3) is 0 Å². The van der Waals surface area contributed by atoms with Crippen LogP contribution in [0.4, 0.5) is 0 Å². The largest absolute Gasteiger partial charge is 0.0602 e. The Kier molecular flexibility index (Phi) is 3.11. The van der Waals surface area contributed by atoms with Gasteiger partial charge in [0.15, 0.2) is 0 Å². The highest BCUT2D eigenvalue weighted by molar-refractivity contribution is 4.79. The van der Waals surface area contributed by atoms with Crippen LogP contribution in [0.25, 0.3) is 0 Å². The Balaban J connectivity index is 0.000000135. The van der Waals surface area contributed by atoms with Gasteiger partial charge in [0.1, 0.15) is 0 Å². The number of rotatable bonds is 0. The highest BCUT2D eigenvalue weighted by Crippen LogP contribution is 2.12. The minimum Gasteiger partial charge on any atom is -0.0602 e. The summed E-state index contributed by atoms with van der Waals surface area (Å²) >= 11 is 0. The van der Waals surface area contributed by atoms with Crippen LogP contribution in [0.5, 0.6) is 0 Å². The lowest BCUT2D eigenvalue weighted by molar-refractivity contribution is 0.539. The molecule has 1 saturated carbocycles. The van der Waals surface area contributed by atoms with Crippen molar-refractivity contribution in [1.29, 1.82) is 0 Å². The Labute approximate surface area is 53.3 Å². The first-order valence-electron chi connectivity index (χ1n) is 3.17. The molecule has 0 nitrogen and oxygen atoms in total. The molecule has 0 unspecified atom stereocenters. The number of hydrogen-bond acceptors (Lipinski definition) is 0. The molecule has 0 heterocycles. The molecule has 0 aromatic heterocycles. The van der Waals surface area contributed by atoms with E-state index in [0.717, 1.165) is 0 Å². The second kappa shape index (κ2) is 3.11. The Hall–Kier alpha value is 0. The molecule has 0 spiro atoms. The van der Waals surface area contributed by atoms with Crippen LogP contribution < -0.4 is 0 Å². The highest BCUT2D eigenvalue weighted by Gasteiger charge is 1.96. The van der Waals surface area contributed by atoms with Crippen molar-refractivity contribution < 1.29 is 0 Å². The average Bonchev–Trinajstić information content (AvgIpc) is 1.95. The molecule has 8 heavy (non-hydrogen) atoms. The van der Waals surface area contributed by atoms with Gasteiger partial charge in [-0.05, 0) is 31.6 Å². The zero-order valence-corrected chi connectivity index (χ0v) is 6.20. The molecule has 0 N–H and O–H groups in total. The minimum atomic E-state index is 0.250. The van der Waals surface area contributed by atoms with E-state index in [4.69, 9.17) is 0 Å². The maximum Gasteiger partial charge on any atom is -0.0382 e. The van der Waals surface area contributed by atoms with Gasteiger partial charge in [0.2, 0.25) is 0 Å². The van der Waals surface area contributed by atoms with Crippen molar-refractivity contribution in [2.45, 2.75) is 33.6 Å². The van der Waals surface area contributed by atoms with Crippen molar-refractivity contribution in [3.8, 4) is 0 Å². The first kappa shape index (κ1) is 8.00. The zero-order valence-electron chi connectivity index (χ0n) is 6.20. The Morgan fingerprint density at radius 1 is 1.25 bits per heavy atom. The molecule has 0 aliphatic heterocycles. The van der Waals surface area contributed by atoms with Gasteiger partial charge in [-0.25, -0.2) is 0 Å². The first-order chi connectivity index (χ1) is 3.50. The van der Waals surface area contributed by atoms with Crippen molar-refractivity contribution in [1.82, 2.24) is 0 Å². The summed E-state index contributed by atoms with van der Waals surface area (Å²) in [7, 11) is 0. The van der Waals surface area contributed by atoms with E-state index >= 15 is 0 Å². The molecular weight excluding hydrogens is 96.1 g/mol. The average molecular weight is 112 g/mol. The van der Waals surface area contributed by atoms with Gasteiger partial charge in [-0.2, -0.15) is 0 Å². The first-order valence-corrected chi connectivity index (χ1v) is 3.17. The molecule has 1 aliphatic rings. The van der Waals surface area contributed by atoms with E-state index in [2.05, 4.69) is 34.1 Å². The summed E-state index contributed by atoms with van der Waals surface area (Å²) in [6, 6.07) is 0. The van der Waals surface area contributed by atoms with Crippen LogP contribution in [0.15, 0.2) is 0 Å². The van der Waals surface area contributed by atoms with Gasteiger partial charge in [-0.3, -0.25) is 0 Å². The highest BCUT2D eigenvalue weighted by atomic mass is 14.0. The van der Waals surface area contributed by atoms with Gasteiger partial charge in [-0.15, -0.1) is 0 Å². The maximum absolute atomic E-state index is 3.77.